The number of halogens is 1. The van der Waals surface area contributed by atoms with Crippen LogP contribution in [0.2, 0.25) is 5.02 Å². The first-order valence-corrected chi connectivity index (χ1v) is 8.07. The molecular formula is C16H17ClN2O5. The van der Waals surface area contributed by atoms with E-state index in [9.17, 15) is 14.4 Å². The average Bonchev–Trinajstić information content (AvgIpc) is 3.35. The number of carbonyl (C=O) groups excluding carboxylic acids is 3. The van der Waals surface area contributed by atoms with Crippen molar-refractivity contribution in [2.75, 3.05) is 13.2 Å². The molecule has 0 saturated heterocycles. The minimum Gasteiger partial charge on any atom is -0.492 e. The summed E-state index contributed by atoms with van der Waals surface area (Å²) in [4.78, 5) is 35.0. The number of carbonyl (C=O) groups is 3. The van der Waals surface area contributed by atoms with Gasteiger partial charge in [-0.05, 0) is 43.0 Å². The molecule has 128 valence electrons. The van der Waals surface area contributed by atoms with Crippen molar-refractivity contribution in [3.63, 3.8) is 0 Å². The summed E-state index contributed by atoms with van der Waals surface area (Å²) in [5.41, 5.74) is 0.823. The molecule has 1 fully saturated rings. The van der Waals surface area contributed by atoms with Crippen LogP contribution >= 0.6 is 11.6 Å². The maximum absolute atomic E-state index is 12.1. The van der Waals surface area contributed by atoms with E-state index < -0.39 is 30.4 Å². The highest BCUT2D eigenvalue weighted by Crippen LogP contribution is 2.30. The summed E-state index contributed by atoms with van der Waals surface area (Å²) in [6.45, 7) is -0.326. The largest absolute Gasteiger partial charge is 0.492 e. The average molecular weight is 353 g/mol. The standard InChI is InChI=1S/C16H17ClN2O5/c17-11-1-4-13-9(6-11)5-10(7-23-13)15(21)24-8-14(20)19-16(22)18-12-2-3-12/h1,4,6,10,12H,2-3,5,7-8H2,(H2,18,19,20,22)/t10-/m0/s1. The third-order valence-corrected chi connectivity index (χ3v) is 4.01. The Kier molecular flexibility index (Phi) is 4.89. The van der Waals surface area contributed by atoms with Crippen molar-refractivity contribution in [3.8, 4) is 5.75 Å². The Morgan fingerprint density at radius 3 is 2.83 bits per heavy atom. The minimum atomic E-state index is -0.665. The van der Waals surface area contributed by atoms with Crippen LogP contribution in [0, 0.1) is 5.92 Å². The van der Waals surface area contributed by atoms with Crippen molar-refractivity contribution in [2.24, 2.45) is 5.92 Å². The van der Waals surface area contributed by atoms with Crippen LogP contribution < -0.4 is 15.4 Å². The number of urea groups is 1. The van der Waals surface area contributed by atoms with E-state index in [0.717, 1.165) is 18.4 Å². The summed E-state index contributed by atoms with van der Waals surface area (Å²) >= 11 is 5.93. The highest BCUT2D eigenvalue weighted by molar-refractivity contribution is 6.30. The number of rotatable bonds is 4. The van der Waals surface area contributed by atoms with Crippen LogP contribution in [0.4, 0.5) is 4.79 Å². The number of hydrogen-bond acceptors (Lipinski definition) is 5. The summed E-state index contributed by atoms with van der Waals surface area (Å²) < 4.78 is 10.5. The Balaban J connectivity index is 1.45. The number of hydrogen-bond donors (Lipinski definition) is 2. The monoisotopic (exact) mass is 352 g/mol. The molecule has 0 radical (unpaired) electrons. The summed E-state index contributed by atoms with van der Waals surface area (Å²) in [7, 11) is 0. The molecule has 1 aliphatic heterocycles. The molecule has 8 heteroatoms. The maximum Gasteiger partial charge on any atom is 0.321 e. The highest BCUT2D eigenvalue weighted by Gasteiger charge is 2.28. The Morgan fingerprint density at radius 2 is 2.08 bits per heavy atom. The molecule has 1 saturated carbocycles. The molecule has 7 nitrogen and oxygen atoms in total. The molecule has 2 N–H and O–H groups in total. The van der Waals surface area contributed by atoms with Gasteiger partial charge in [-0.1, -0.05) is 11.6 Å². The second-order valence-corrected chi connectivity index (χ2v) is 6.30. The van der Waals surface area contributed by atoms with E-state index in [1.54, 1.807) is 18.2 Å². The second kappa shape index (κ2) is 7.09. The molecule has 3 rings (SSSR count). The third-order valence-electron chi connectivity index (χ3n) is 3.77. The molecule has 0 unspecified atom stereocenters. The fraction of sp³-hybridized carbons (Fsp3) is 0.438. The lowest BCUT2D eigenvalue weighted by atomic mass is 9.97. The van der Waals surface area contributed by atoms with Gasteiger partial charge in [0.2, 0.25) is 0 Å². The van der Waals surface area contributed by atoms with Crippen molar-refractivity contribution in [1.82, 2.24) is 10.6 Å². The van der Waals surface area contributed by atoms with Gasteiger partial charge in [-0.2, -0.15) is 0 Å². The van der Waals surface area contributed by atoms with Crippen molar-refractivity contribution >= 4 is 29.5 Å². The molecule has 1 heterocycles. The zero-order valence-electron chi connectivity index (χ0n) is 12.8. The number of esters is 1. The second-order valence-electron chi connectivity index (χ2n) is 5.87. The van der Waals surface area contributed by atoms with Crippen LogP contribution in [0.5, 0.6) is 5.75 Å². The zero-order valence-corrected chi connectivity index (χ0v) is 13.6. The Labute approximate surface area is 143 Å². The predicted molar refractivity (Wildman–Crippen MR) is 84.8 cm³/mol. The first kappa shape index (κ1) is 16.6. The Bertz CT molecular complexity index is 674. The van der Waals surface area contributed by atoms with Gasteiger partial charge in [0.05, 0.1) is 5.92 Å². The number of imide groups is 1. The van der Waals surface area contributed by atoms with Crippen molar-refractivity contribution in [1.29, 1.82) is 0 Å². The van der Waals surface area contributed by atoms with Crippen LogP contribution in [0.15, 0.2) is 18.2 Å². The number of fused-ring (bicyclic) bond motifs is 1. The number of amides is 3. The van der Waals surface area contributed by atoms with Crippen molar-refractivity contribution < 1.29 is 23.9 Å². The van der Waals surface area contributed by atoms with Gasteiger partial charge in [-0.25, -0.2) is 4.79 Å². The van der Waals surface area contributed by atoms with E-state index in [4.69, 9.17) is 21.1 Å². The predicted octanol–water partition coefficient (Wildman–Crippen LogP) is 1.42. The fourth-order valence-electron chi connectivity index (χ4n) is 2.38. The van der Waals surface area contributed by atoms with Gasteiger partial charge in [0, 0.05) is 11.1 Å². The van der Waals surface area contributed by atoms with Crippen LogP contribution in [0.1, 0.15) is 18.4 Å². The van der Waals surface area contributed by atoms with Gasteiger partial charge in [-0.3, -0.25) is 14.9 Å². The van der Waals surface area contributed by atoms with E-state index >= 15 is 0 Å². The van der Waals surface area contributed by atoms with Gasteiger partial charge in [-0.15, -0.1) is 0 Å². The molecule has 0 spiro atoms. The molecular weight excluding hydrogens is 336 g/mol. The Hall–Kier alpha value is -2.28. The van der Waals surface area contributed by atoms with Gasteiger partial charge < -0.3 is 14.8 Å². The minimum absolute atomic E-state index is 0.145. The third kappa shape index (κ3) is 4.38. The van der Waals surface area contributed by atoms with E-state index in [2.05, 4.69) is 10.6 Å². The molecule has 1 atom stereocenters. The summed E-state index contributed by atoms with van der Waals surface area (Å²) in [5, 5.41) is 5.29. The topological polar surface area (TPSA) is 93.7 Å². The van der Waals surface area contributed by atoms with Crippen molar-refractivity contribution in [3.05, 3.63) is 28.8 Å². The van der Waals surface area contributed by atoms with Crippen LogP contribution in [-0.4, -0.2) is 37.2 Å². The van der Waals surface area contributed by atoms with Gasteiger partial charge in [0.1, 0.15) is 12.4 Å². The molecule has 1 aliphatic carbocycles. The Morgan fingerprint density at radius 1 is 1.29 bits per heavy atom. The molecule has 3 amide bonds. The summed E-state index contributed by atoms with van der Waals surface area (Å²) in [5.74, 6) is -1.03. The van der Waals surface area contributed by atoms with Gasteiger partial charge >= 0.3 is 12.0 Å². The maximum atomic E-state index is 12.1. The summed E-state index contributed by atoms with van der Waals surface area (Å²) in [6, 6.07) is 4.79. The lowest BCUT2D eigenvalue weighted by Crippen LogP contribution is -2.42. The number of benzene rings is 1. The van der Waals surface area contributed by atoms with Crippen LogP contribution in [-0.2, 0) is 20.7 Å². The van der Waals surface area contributed by atoms with Crippen LogP contribution in [0.25, 0.3) is 0 Å². The number of nitrogens with one attached hydrogen (secondary N) is 2. The first-order valence-electron chi connectivity index (χ1n) is 7.69. The highest BCUT2D eigenvalue weighted by atomic mass is 35.5. The van der Waals surface area contributed by atoms with Gasteiger partial charge in [0.15, 0.2) is 6.61 Å². The lowest BCUT2D eigenvalue weighted by Gasteiger charge is -2.24. The lowest BCUT2D eigenvalue weighted by molar-refractivity contribution is -0.153. The summed E-state index contributed by atoms with van der Waals surface area (Å²) in [6.07, 6.45) is 2.27. The molecule has 1 aromatic rings. The first-order chi connectivity index (χ1) is 11.5. The number of ether oxygens (including phenoxy) is 2. The fourth-order valence-corrected chi connectivity index (χ4v) is 2.58. The van der Waals surface area contributed by atoms with E-state index in [-0.39, 0.29) is 12.6 Å². The molecule has 0 bridgehead atoms. The molecule has 1 aromatic carbocycles. The zero-order chi connectivity index (χ0) is 17.1. The van der Waals surface area contributed by atoms with E-state index in [1.807, 2.05) is 0 Å². The van der Waals surface area contributed by atoms with E-state index in [1.165, 1.54) is 0 Å². The molecule has 2 aliphatic rings. The smallest absolute Gasteiger partial charge is 0.321 e. The SMILES string of the molecule is O=C(COC(=O)[C@@H]1COc2ccc(Cl)cc2C1)NC(=O)NC1CC1. The quantitative estimate of drug-likeness (QED) is 0.799. The van der Waals surface area contributed by atoms with E-state index in [0.29, 0.717) is 17.2 Å². The van der Waals surface area contributed by atoms with Crippen LogP contribution in [0.3, 0.4) is 0 Å². The van der Waals surface area contributed by atoms with Gasteiger partial charge in [0.25, 0.3) is 5.91 Å². The molecule has 0 aromatic heterocycles. The molecule has 24 heavy (non-hydrogen) atoms. The normalized spacial score (nSPS) is 18.8. The van der Waals surface area contributed by atoms with Crippen molar-refractivity contribution in [2.45, 2.75) is 25.3 Å².